The minimum absolute atomic E-state index is 0.0243. The third-order valence-electron chi connectivity index (χ3n) is 2.62. The second-order valence-corrected chi connectivity index (χ2v) is 3.80. The van der Waals surface area contributed by atoms with Crippen LogP contribution in [0.3, 0.4) is 0 Å². The molecule has 17 heavy (non-hydrogen) atoms. The Morgan fingerprint density at radius 2 is 2.35 bits per heavy atom. The van der Waals surface area contributed by atoms with Crippen LogP contribution in [0.1, 0.15) is 18.5 Å². The Bertz CT molecular complexity index is 420. The lowest BCUT2D eigenvalue weighted by atomic mass is 10.1. The van der Waals surface area contributed by atoms with E-state index in [0.717, 1.165) is 17.8 Å². The molecule has 0 spiro atoms. The third kappa shape index (κ3) is 2.40. The van der Waals surface area contributed by atoms with E-state index in [2.05, 4.69) is 10.6 Å². The van der Waals surface area contributed by atoms with Crippen molar-refractivity contribution in [1.82, 2.24) is 5.32 Å². The Kier molecular flexibility index (Phi) is 3.61. The fourth-order valence-corrected chi connectivity index (χ4v) is 1.90. The van der Waals surface area contributed by atoms with Gasteiger partial charge in [0.15, 0.2) is 0 Å². The van der Waals surface area contributed by atoms with Gasteiger partial charge in [0.25, 0.3) is 0 Å². The number of hydrogen-bond donors (Lipinski definition) is 3. The van der Waals surface area contributed by atoms with Crippen molar-refractivity contribution < 1.29 is 14.6 Å². The highest BCUT2D eigenvalue weighted by Gasteiger charge is 2.29. The second kappa shape index (κ2) is 5.16. The van der Waals surface area contributed by atoms with Crippen molar-refractivity contribution >= 4 is 11.6 Å². The van der Waals surface area contributed by atoms with Crippen LogP contribution in [-0.4, -0.2) is 30.8 Å². The lowest BCUT2D eigenvalue weighted by molar-refractivity contribution is -0.117. The zero-order valence-electron chi connectivity index (χ0n) is 9.69. The Hall–Kier alpha value is -1.59. The number of likely N-dealkylation sites (N-methyl/N-ethyl adjacent to an activating group) is 1. The topological polar surface area (TPSA) is 70.6 Å². The molecule has 0 aliphatic carbocycles. The van der Waals surface area contributed by atoms with Crippen LogP contribution in [0.5, 0.6) is 5.75 Å². The summed E-state index contributed by atoms with van der Waals surface area (Å²) in [6.45, 7) is 2.93. The van der Waals surface area contributed by atoms with Gasteiger partial charge < -0.3 is 20.5 Å². The summed E-state index contributed by atoms with van der Waals surface area (Å²) >= 11 is 0. The molecular weight excluding hydrogens is 220 g/mol. The Morgan fingerprint density at radius 1 is 1.53 bits per heavy atom. The van der Waals surface area contributed by atoms with Crippen LogP contribution >= 0.6 is 0 Å². The van der Waals surface area contributed by atoms with Gasteiger partial charge in [0.2, 0.25) is 5.91 Å². The molecule has 0 fully saturated rings. The van der Waals surface area contributed by atoms with Crippen LogP contribution < -0.4 is 15.4 Å². The number of nitrogens with one attached hydrogen (secondary N) is 2. The predicted molar refractivity (Wildman–Crippen MR) is 64.1 cm³/mol. The van der Waals surface area contributed by atoms with Crippen LogP contribution in [-0.2, 0) is 4.79 Å². The molecule has 1 aromatic rings. The number of rotatable bonds is 5. The van der Waals surface area contributed by atoms with Gasteiger partial charge in [0.05, 0.1) is 6.61 Å². The number of carbonyl (C=O) groups is 1. The number of carbonyl (C=O) groups excluding carboxylic acids is 1. The first-order chi connectivity index (χ1) is 8.26. The van der Waals surface area contributed by atoms with Crippen molar-refractivity contribution in [3.63, 3.8) is 0 Å². The SMILES string of the molecule is CCNC1C(=O)Nc2cc(OCCO)ccc21. The normalized spacial score (nSPS) is 17.8. The summed E-state index contributed by atoms with van der Waals surface area (Å²) in [5.74, 6) is 0.608. The summed E-state index contributed by atoms with van der Waals surface area (Å²) in [6.07, 6.45) is 0. The monoisotopic (exact) mass is 236 g/mol. The molecule has 92 valence electrons. The van der Waals surface area contributed by atoms with Crippen LogP contribution in [0.4, 0.5) is 5.69 Å². The van der Waals surface area contributed by atoms with E-state index in [1.807, 2.05) is 13.0 Å². The van der Waals surface area contributed by atoms with E-state index >= 15 is 0 Å². The van der Waals surface area contributed by atoms with Crippen molar-refractivity contribution in [2.45, 2.75) is 13.0 Å². The van der Waals surface area contributed by atoms with Crippen molar-refractivity contribution in [3.05, 3.63) is 23.8 Å². The first kappa shape index (κ1) is 11.9. The molecule has 1 aliphatic heterocycles. The third-order valence-corrected chi connectivity index (χ3v) is 2.62. The van der Waals surface area contributed by atoms with Gasteiger partial charge in [-0.3, -0.25) is 4.79 Å². The fraction of sp³-hybridized carbons (Fsp3) is 0.417. The number of amides is 1. The van der Waals surface area contributed by atoms with Gasteiger partial charge in [-0.05, 0) is 12.6 Å². The maximum absolute atomic E-state index is 11.7. The van der Waals surface area contributed by atoms with Crippen molar-refractivity contribution in [2.24, 2.45) is 0 Å². The fourth-order valence-electron chi connectivity index (χ4n) is 1.90. The maximum Gasteiger partial charge on any atom is 0.246 e. The number of anilines is 1. The number of hydrogen-bond acceptors (Lipinski definition) is 4. The van der Waals surface area contributed by atoms with Crippen molar-refractivity contribution in [1.29, 1.82) is 0 Å². The minimum atomic E-state index is -0.276. The van der Waals surface area contributed by atoms with Gasteiger partial charge in [-0.1, -0.05) is 13.0 Å². The number of ether oxygens (including phenoxy) is 1. The van der Waals surface area contributed by atoms with Gasteiger partial charge in [-0.2, -0.15) is 0 Å². The molecule has 0 radical (unpaired) electrons. The molecule has 1 aliphatic rings. The molecule has 2 rings (SSSR count). The molecule has 1 amide bonds. The van der Waals surface area contributed by atoms with Crippen LogP contribution in [0.25, 0.3) is 0 Å². The van der Waals surface area contributed by atoms with Gasteiger partial charge in [0.1, 0.15) is 18.4 Å². The van der Waals surface area contributed by atoms with Crippen LogP contribution in [0.2, 0.25) is 0 Å². The zero-order valence-corrected chi connectivity index (χ0v) is 9.69. The van der Waals surface area contributed by atoms with E-state index in [0.29, 0.717) is 5.75 Å². The minimum Gasteiger partial charge on any atom is -0.491 e. The van der Waals surface area contributed by atoms with E-state index < -0.39 is 0 Å². The summed E-state index contributed by atoms with van der Waals surface area (Å²) in [7, 11) is 0. The molecule has 1 aromatic carbocycles. The molecule has 0 saturated carbocycles. The molecule has 0 saturated heterocycles. The van der Waals surface area contributed by atoms with Crippen molar-refractivity contribution in [2.75, 3.05) is 25.1 Å². The van der Waals surface area contributed by atoms with Crippen molar-refractivity contribution in [3.8, 4) is 5.75 Å². The molecule has 1 heterocycles. The highest BCUT2D eigenvalue weighted by molar-refractivity contribution is 6.02. The van der Waals surface area contributed by atoms with Gasteiger partial charge >= 0.3 is 0 Å². The smallest absolute Gasteiger partial charge is 0.246 e. The Labute approximate surface area is 99.8 Å². The van der Waals surface area contributed by atoms with Crippen LogP contribution in [0, 0.1) is 0 Å². The lowest BCUT2D eigenvalue weighted by Gasteiger charge is -2.09. The predicted octanol–water partition coefficient (Wildman–Crippen LogP) is 0.660. The van der Waals surface area contributed by atoms with Gasteiger partial charge in [-0.15, -0.1) is 0 Å². The summed E-state index contributed by atoms with van der Waals surface area (Å²) in [5.41, 5.74) is 1.71. The lowest BCUT2D eigenvalue weighted by Crippen LogP contribution is -2.27. The highest BCUT2D eigenvalue weighted by Crippen LogP contribution is 2.33. The molecule has 3 N–H and O–H groups in total. The van der Waals surface area contributed by atoms with E-state index in [-0.39, 0.29) is 25.2 Å². The number of benzene rings is 1. The van der Waals surface area contributed by atoms with E-state index in [9.17, 15) is 4.79 Å². The Morgan fingerprint density at radius 3 is 3.06 bits per heavy atom. The molecular formula is C12H16N2O3. The summed E-state index contributed by atoms with van der Waals surface area (Å²) in [5, 5.41) is 14.6. The average molecular weight is 236 g/mol. The first-order valence-corrected chi connectivity index (χ1v) is 5.68. The highest BCUT2D eigenvalue weighted by atomic mass is 16.5. The first-order valence-electron chi connectivity index (χ1n) is 5.68. The van der Waals surface area contributed by atoms with Gasteiger partial charge in [-0.25, -0.2) is 0 Å². The van der Waals surface area contributed by atoms with E-state index in [4.69, 9.17) is 9.84 Å². The summed E-state index contributed by atoms with van der Waals surface area (Å²) < 4.78 is 5.29. The number of aliphatic hydroxyl groups excluding tert-OH is 1. The molecule has 0 aromatic heterocycles. The second-order valence-electron chi connectivity index (χ2n) is 3.80. The van der Waals surface area contributed by atoms with Gasteiger partial charge in [0, 0.05) is 17.3 Å². The quantitative estimate of drug-likeness (QED) is 0.702. The number of fused-ring (bicyclic) bond motifs is 1. The molecule has 5 nitrogen and oxygen atoms in total. The molecule has 1 unspecified atom stereocenters. The number of aliphatic hydroxyl groups is 1. The summed E-state index contributed by atoms with van der Waals surface area (Å²) in [4.78, 5) is 11.7. The van der Waals surface area contributed by atoms with Crippen LogP contribution in [0.15, 0.2) is 18.2 Å². The summed E-state index contributed by atoms with van der Waals surface area (Å²) in [6, 6.07) is 5.17. The average Bonchev–Trinajstić information content (AvgIpc) is 2.63. The van der Waals surface area contributed by atoms with E-state index in [1.165, 1.54) is 0 Å². The largest absolute Gasteiger partial charge is 0.491 e. The Balaban J connectivity index is 2.18. The maximum atomic E-state index is 11.7. The standard InChI is InChI=1S/C12H16N2O3/c1-2-13-11-9-4-3-8(17-6-5-15)7-10(9)14-12(11)16/h3-4,7,11,13,15H,2,5-6H2,1H3,(H,14,16). The molecule has 1 atom stereocenters. The molecule has 5 heteroatoms. The molecule has 0 bridgehead atoms. The van der Waals surface area contributed by atoms with E-state index in [1.54, 1.807) is 12.1 Å². The zero-order chi connectivity index (χ0) is 12.3.